The summed E-state index contributed by atoms with van der Waals surface area (Å²) in [5, 5.41) is 0. The topological polar surface area (TPSA) is 0 Å². The molecule has 0 aromatic heterocycles. The molecule has 0 aliphatic rings. The van der Waals surface area contributed by atoms with Gasteiger partial charge in [-0.25, -0.2) is 0 Å². The van der Waals surface area contributed by atoms with Gasteiger partial charge in [0.25, 0.3) is 0 Å². The fourth-order valence-electron chi connectivity index (χ4n) is 0.427. The Morgan fingerprint density at radius 1 is 1.11 bits per heavy atom. The van der Waals surface area contributed by atoms with Crippen molar-refractivity contribution in [1.29, 1.82) is 0 Å². The Morgan fingerprint density at radius 3 is 2.00 bits per heavy atom. The lowest BCUT2D eigenvalue weighted by Crippen LogP contribution is -1.68. The lowest BCUT2D eigenvalue weighted by atomic mass is 10.2. The zero-order chi connectivity index (χ0) is 7.28. The fourth-order valence-corrected chi connectivity index (χ4v) is 0.427. The van der Waals surface area contributed by atoms with E-state index < -0.39 is 0 Å². The molecule has 0 aromatic rings. The van der Waals surface area contributed by atoms with Gasteiger partial charge < -0.3 is 0 Å². The molecule has 0 saturated heterocycles. The van der Waals surface area contributed by atoms with Crippen molar-refractivity contribution in [2.24, 2.45) is 0 Å². The lowest BCUT2D eigenvalue weighted by Gasteiger charge is -1.89. The van der Waals surface area contributed by atoms with E-state index in [2.05, 4.69) is 39.8 Å². The molecule has 0 amide bonds. The van der Waals surface area contributed by atoms with Crippen LogP contribution in [0.1, 0.15) is 34.1 Å². The van der Waals surface area contributed by atoms with Crippen molar-refractivity contribution in [2.45, 2.75) is 34.1 Å². The Bertz CT molecular complexity index is 123. The molecule has 0 aliphatic heterocycles. The first-order chi connectivity index (χ1) is 4.16. The van der Waals surface area contributed by atoms with Gasteiger partial charge in [-0.3, -0.25) is 0 Å². The van der Waals surface area contributed by atoms with E-state index in [0.29, 0.717) is 0 Å². The molecular formula is C9H16. The van der Waals surface area contributed by atoms with Crippen LogP contribution in [0.3, 0.4) is 0 Å². The molecule has 0 heteroatoms. The van der Waals surface area contributed by atoms with Crippen LogP contribution in [0.15, 0.2) is 23.3 Å². The maximum absolute atomic E-state index is 2.18. The molecule has 0 rings (SSSR count). The van der Waals surface area contributed by atoms with E-state index in [1.807, 2.05) is 0 Å². The average molecular weight is 124 g/mol. The van der Waals surface area contributed by atoms with Gasteiger partial charge in [0.05, 0.1) is 0 Å². The molecule has 0 aliphatic carbocycles. The molecule has 0 heterocycles. The number of allylic oxidation sites excluding steroid dienone is 4. The molecule has 0 unspecified atom stereocenters. The third-order valence-electron chi connectivity index (χ3n) is 1.26. The van der Waals surface area contributed by atoms with Crippen LogP contribution in [0.5, 0.6) is 0 Å². The average Bonchev–Trinajstić information content (AvgIpc) is 1.83. The van der Waals surface area contributed by atoms with E-state index in [-0.39, 0.29) is 0 Å². The van der Waals surface area contributed by atoms with Crippen molar-refractivity contribution in [1.82, 2.24) is 0 Å². The van der Waals surface area contributed by atoms with E-state index >= 15 is 0 Å². The molecule has 0 N–H and O–H groups in total. The molecule has 0 radical (unpaired) electrons. The van der Waals surface area contributed by atoms with Crippen LogP contribution < -0.4 is 0 Å². The maximum atomic E-state index is 2.18. The van der Waals surface area contributed by atoms with Gasteiger partial charge in [-0.1, -0.05) is 30.2 Å². The molecule has 52 valence electrons. The van der Waals surface area contributed by atoms with Gasteiger partial charge >= 0.3 is 0 Å². The standard InChI is InChI=1S/C9H16/c1-5-9(4)7-6-8(2)3/h6-7H,5H2,1-4H3/b9-7+. The predicted molar refractivity (Wildman–Crippen MR) is 43.5 cm³/mol. The molecule has 0 spiro atoms. The number of rotatable bonds is 2. The molecule has 0 bridgehead atoms. The molecule has 9 heavy (non-hydrogen) atoms. The van der Waals surface area contributed by atoms with E-state index in [0.717, 1.165) is 6.42 Å². The first-order valence-electron chi connectivity index (χ1n) is 3.47. The van der Waals surface area contributed by atoms with Crippen LogP contribution in [-0.4, -0.2) is 0 Å². The van der Waals surface area contributed by atoms with Crippen LogP contribution in [0, 0.1) is 0 Å². The Morgan fingerprint density at radius 2 is 1.67 bits per heavy atom. The molecule has 0 fully saturated rings. The Kier molecular flexibility index (Phi) is 4.12. The third-order valence-corrected chi connectivity index (χ3v) is 1.26. The summed E-state index contributed by atoms with van der Waals surface area (Å²) in [6, 6.07) is 0. The van der Waals surface area contributed by atoms with E-state index in [1.165, 1.54) is 11.1 Å². The second-order valence-electron chi connectivity index (χ2n) is 2.61. The molecule has 0 aromatic carbocycles. The van der Waals surface area contributed by atoms with Crippen molar-refractivity contribution in [3.05, 3.63) is 23.3 Å². The number of hydrogen-bond acceptors (Lipinski definition) is 0. The minimum Gasteiger partial charge on any atom is -0.0764 e. The Labute approximate surface area is 58.3 Å². The van der Waals surface area contributed by atoms with Gasteiger partial charge in [0, 0.05) is 0 Å². The highest BCUT2D eigenvalue weighted by atomic mass is 13.9. The summed E-state index contributed by atoms with van der Waals surface area (Å²) in [5.74, 6) is 0. The van der Waals surface area contributed by atoms with Gasteiger partial charge in [0.2, 0.25) is 0 Å². The summed E-state index contributed by atoms with van der Waals surface area (Å²) in [4.78, 5) is 0. The summed E-state index contributed by atoms with van der Waals surface area (Å²) in [5.41, 5.74) is 2.80. The summed E-state index contributed by atoms with van der Waals surface area (Å²) in [6.45, 7) is 8.54. The molecular weight excluding hydrogens is 108 g/mol. The van der Waals surface area contributed by atoms with E-state index in [9.17, 15) is 0 Å². The molecule has 0 saturated carbocycles. The minimum atomic E-state index is 1.16. The van der Waals surface area contributed by atoms with Crippen LogP contribution in [-0.2, 0) is 0 Å². The van der Waals surface area contributed by atoms with Crippen LogP contribution in [0.2, 0.25) is 0 Å². The second-order valence-corrected chi connectivity index (χ2v) is 2.61. The molecule has 0 atom stereocenters. The zero-order valence-corrected chi connectivity index (χ0v) is 6.86. The SMILES string of the molecule is CC/C(C)=C/C=C(C)C. The van der Waals surface area contributed by atoms with Crippen molar-refractivity contribution in [2.75, 3.05) is 0 Å². The quantitative estimate of drug-likeness (QED) is 0.495. The van der Waals surface area contributed by atoms with Crippen LogP contribution in [0.25, 0.3) is 0 Å². The van der Waals surface area contributed by atoms with Gasteiger partial charge in [0.15, 0.2) is 0 Å². The lowest BCUT2D eigenvalue weighted by molar-refractivity contribution is 1.10. The monoisotopic (exact) mass is 124 g/mol. The summed E-state index contributed by atoms with van der Waals surface area (Å²) < 4.78 is 0. The van der Waals surface area contributed by atoms with Crippen molar-refractivity contribution >= 4 is 0 Å². The second kappa shape index (κ2) is 4.37. The van der Waals surface area contributed by atoms with Crippen LogP contribution >= 0.6 is 0 Å². The van der Waals surface area contributed by atoms with Crippen LogP contribution in [0.4, 0.5) is 0 Å². The van der Waals surface area contributed by atoms with Gasteiger partial charge in [0.1, 0.15) is 0 Å². The molecule has 0 nitrogen and oxygen atoms in total. The summed E-state index contributed by atoms with van der Waals surface area (Å²) in [6.07, 6.45) is 5.48. The summed E-state index contributed by atoms with van der Waals surface area (Å²) in [7, 11) is 0. The highest BCUT2D eigenvalue weighted by Gasteiger charge is 1.78. The fraction of sp³-hybridized carbons (Fsp3) is 0.556. The highest BCUT2D eigenvalue weighted by Crippen LogP contribution is 1.99. The highest BCUT2D eigenvalue weighted by molar-refractivity contribution is 5.13. The van der Waals surface area contributed by atoms with Gasteiger partial charge in [-0.15, -0.1) is 0 Å². The first-order valence-corrected chi connectivity index (χ1v) is 3.47. The maximum Gasteiger partial charge on any atom is -0.0349 e. The Balaban J connectivity index is 3.83. The largest absolute Gasteiger partial charge is 0.0764 e. The normalized spacial score (nSPS) is 11.3. The number of hydrogen-bond donors (Lipinski definition) is 0. The van der Waals surface area contributed by atoms with Crippen molar-refractivity contribution < 1.29 is 0 Å². The van der Waals surface area contributed by atoms with E-state index in [4.69, 9.17) is 0 Å². The van der Waals surface area contributed by atoms with Crippen molar-refractivity contribution in [3.8, 4) is 0 Å². The first kappa shape index (κ1) is 8.48. The van der Waals surface area contributed by atoms with Gasteiger partial charge in [-0.05, 0) is 27.2 Å². The smallest absolute Gasteiger partial charge is 0.0349 e. The van der Waals surface area contributed by atoms with E-state index in [1.54, 1.807) is 0 Å². The zero-order valence-electron chi connectivity index (χ0n) is 6.86. The predicted octanol–water partition coefficient (Wildman–Crippen LogP) is 3.31. The van der Waals surface area contributed by atoms with Gasteiger partial charge in [-0.2, -0.15) is 0 Å². The summed E-state index contributed by atoms with van der Waals surface area (Å²) >= 11 is 0. The minimum absolute atomic E-state index is 1.16. The van der Waals surface area contributed by atoms with Crippen molar-refractivity contribution in [3.63, 3.8) is 0 Å². The Hall–Kier alpha value is -0.520. The third kappa shape index (κ3) is 5.35.